The molecule has 0 aromatic rings. The fourth-order valence-corrected chi connectivity index (χ4v) is 6.33. The van der Waals surface area contributed by atoms with Crippen LogP contribution in [0.25, 0.3) is 0 Å². The second kappa shape index (κ2) is 14.2. The zero-order chi connectivity index (χ0) is 17.5. The quantitative estimate of drug-likeness (QED) is 0.338. The summed E-state index contributed by atoms with van der Waals surface area (Å²) in [6, 6.07) is 0.956. The zero-order valence-electron chi connectivity index (χ0n) is 16.4. The average Bonchev–Trinajstić information content (AvgIpc) is 2.59. The van der Waals surface area contributed by atoms with Gasteiger partial charge >= 0.3 is 8.80 Å². The van der Waals surface area contributed by atoms with Crippen molar-refractivity contribution < 1.29 is 13.3 Å². The molecule has 1 saturated carbocycles. The lowest BCUT2D eigenvalue weighted by Crippen LogP contribution is -2.45. The third-order valence-corrected chi connectivity index (χ3v) is 7.99. The lowest BCUT2D eigenvalue weighted by molar-refractivity contribution is 0.0706. The Morgan fingerprint density at radius 3 is 1.96 bits per heavy atom. The van der Waals surface area contributed by atoms with E-state index in [1.54, 1.807) is 0 Å². The highest BCUT2D eigenvalue weighted by Crippen LogP contribution is 2.23. The van der Waals surface area contributed by atoms with E-state index < -0.39 is 8.80 Å². The van der Waals surface area contributed by atoms with Gasteiger partial charge in [0.2, 0.25) is 0 Å². The van der Waals surface area contributed by atoms with E-state index in [-0.39, 0.29) is 0 Å². The van der Waals surface area contributed by atoms with Crippen molar-refractivity contribution in [3.63, 3.8) is 0 Å². The molecular weight excluding hydrogens is 318 g/mol. The van der Waals surface area contributed by atoms with E-state index in [1.807, 2.05) is 20.8 Å². The van der Waals surface area contributed by atoms with Crippen molar-refractivity contribution in [2.45, 2.75) is 84.6 Å². The van der Waals surface area contributed by atoms with E-state index in [0.717, 1.165) is 18.4 Å². The van der Waals surface area contributed by atoms with Gasteiger partial charge in [-0.25, -0.2) is 0 Å². The van der Waals surface area contributed by atoms with Crippen LogP contribution in [0, 0.1) is 5.92 Å². The Balaban J connectivity index is 2.05. The highest BCUT2D eigenvalue weighted by molar-refractivity contribution is 6.60. The van der Waals surface area contributed by atoms with Crippen LogP contribution in [0.4, 0.5) is 0 Å². The number of nitrogens with one attached hydrogen (secondary N) is 1. The lowest BCUT2D eigenvalue weighted by atomic mass is 9.89. The SMILES string of the molecule is CCO[Si](CCCCCCNCC1CCCCC1)(OCC)OCC. The van der Waals surface area contributed by atoms with Crippen molar-refractivity contribution >= 4 is 8.80 Å². The fourth-order valence-electron chi connectivity index (χ4n) is 3.64. The highest BCUT2D eigenvalue weighted by atomic mass is 28.4. The number of unbranched alkanes of at least 4 members (excludes halogenated alkanes) is 3. The number of rotatable bonds is 15. The predicted octanol–water partition coefficient (Wildman–Crippen LogP) is 4.77. The second-order valence-corrected chi connectivity index (χ2v) is 9.59. The molecule has 0 radical (unpaired) electrons. The summed E-state index contributed by atoms with van der Waals surface area (Å²) in [5, 5.41) is 3.66. The fraction of sp³-hybridized carbons (Fsp3) is 1.00. The highest BCUT2D eigenvalue weighted by Gasteiger charge is 2.39. The van der Waals surface area contributed by atoms with Crippen molar-refractivity contribution in [1.29, 1.82) is 0 Å². The van der Waals surface area contributed by atoms with E-state index in [2.05, 4.69) is 5.32 Å². The molecule has 1 rings (SSSR count). The predicted molar refractivity (Wildman–Crippen MR) is 103 cm³/mol. The Labute approximate surface area is 151 Å². The first-order chi connectivity index (χ1) is 11.8. The van der Waals surface area contributed by atoms with Gasteiger partial charge in [0.25, 0.3) is 0 Å². The van der Waals surface area contributed by atoms with Gasteiger partial charge < -0.3 is 18.6 Å². The van der Waals surface area contributed by atoms with E-state index in [4.69, 9.17) is 13.3 Å². The Hall–Kier alpha value is 0.0569. The second-order valence-electron chi connectivity index (χ2n) is 6.85. The summed E-state index contributed by atoms with van der Waals surface area (Å²) < 4.78 is 17.7. The third-order valence-electron chi connectivity index (χ3n) is 4.84. The van der Waals surface area contributed by atoms with Crippen molar-refractivity contribution in [2.24, 2.45) is 5.92 Å². The minimum absolute atomic E-state index is 0.678. The molecule has 5 heteroatoms. The van der Waals surface area contributed by atoms with Crippen molar-refractivity contribution in [1.82, 2.24) is 5.32 Å². The van der Waals surface area contributed by atoms with Crippen LogP contribution in [0.5, 0.6) is 0 Å². The lowest BCUT2D eigenvalue weighted by Gasteiger charge is -2.28. The van der Waals surface area contributed by atoms with Gasteiger partial charge in [0.1, 0.15) is 0 Å². The van der Waals surface area contributed by atoms with Gasteiger partial charge in [-0.05, 0) is 65.5 Å². The van der Waals surface area contributed by atoms with E-state index >= 15 is 0 Å². The number of hydrogen-bond acceptors (Lipinski definition) is 4. The first-order valence-electron chi connectivity index (χ1n) is 10.4. The first-order valence-corrected chi connectivity index (χ1v) is 12.3. The molecule has 1 aliphatic carbocycles. The molecule has 0 heterocycles. The van der Waals surface area contributed by atoms with E-state index in [9.17, 15) is 0 Å². The summed E-state index contributed by atoms with van der Waals surface area (Å²) in [7, 11) is -2.41. The van der Waals surface area contributed by atoms with Gasteiger partial charge in [-0.3, -0.25) is 0 Å². The van der Waals surface area contributed by atoms with Crippen LogP contribution in [0.15, 0.2) is 0 Å². The minimum Gasteiger partial charge on any atom is -0.374 e. The standard InChI is InChI=1S/C19H41NO3Si/c1-4-21-24(22-5-2,23-6-3)17-13-8-7-12-16-20-18-19-14-10-9-11-15-19/h19-20H,4-18H2,1-3H3. The molecule has 1 fully saturated rings. The topological polar surface area (TPSA) is 39.7 Å². The molecule has 0 unspecified atom stereocenters. The molecule has 0 aliphatic heterocycles. The molecule has 0 bridgehead atoms. The Morgan fingerprint density at radius 2 is 1.38 bits per heavy atom. The average molecular weight is 360 g/mol. The van der Waals surface area contributed by atoms with Crippen LogP contribution in [-0.2, 0) is 13.3 Å². The molecule has 1 aliphatic rings. The summed E-state index contributed by atoms with van der Waals surface area (Å²) in [5.74, 6) is 0.939. The van der Waals surface area contributed by atoms with Crippen molar-refractivity contribution in [3.8, 4) is 0 Å². The molecule has 0 spiro atoms. The van der Waals surface area contributed by atoms with E-state index in [0.29, 0.717) is 19.8 Å². The first kappa shape index (κ1) is 22.1. The van der Waals surface area contributed by atoms with Gasteiger partial charge in [-0.15, -0.1) is 0 Å². The normalized spacial score (nSPS) is 16.6. The van der Waals surface area contributed by atoms with Gasteiger partial charge in [-0.2, -0.15) is 0 Å². The van der Waals surface area contributed by atoms with Gasteiger partial charge in [-0.1, -0.05) is 32.1 Å². The van der Waals surface area contributed by atoms with Crippen LogP contribution in [0.2, 0.25) is 6.04 Å². The molecule has 0 aromatic carbocycles. The molecule has 4 nitrogen and oxygen atoms in total. The van der Waals surface area contributed by atoms with Gasteiger partial charge in [0, 0.05) is 25.9 Å². The van der Waals surface area contributed by atoms with Crippen LogP contribution < -0.4 is 5.32 Å². The zero-order valence-corrected chi connectivity index (χ0v) is 17.4. The Bertz CT molecular complexity index is 269. The molecule has 0 aromatic heterocycles. The van der Waals surface area contributed by atoms with Gasteiger partial charge in [0.15, 0.2) is 0 Å². The Kier molecular flexibility index (Phi) is 13.1. The smallest absolute Gasteiger partial charge is 0.374 e. The van der Waals surface area contributed by atoms with Crippen molar-refractivity contribution in [2.75, 3.05) is 32.9 Å². The minimum atomic E-state index is -2.41. The molecule has 144 valence electrons. The van der Waals surface area contributed by atoms with Crippen molar-refractivity contribution in [3.05, 3.63) is 0 Å². The largest absolute Gasteiger partial charge is 0.500 e. The van der Waals surface area contributed by atoms with Crippen LogP contribution >= 0.6 is 0 Å². The molecule has 1 N–H and O–H groups in total. The summed E-state index contributed by atoms with van der Waals surface area (Å²) in [5.41, 5.74) is 0. The maximum atomic E-state index is 5.90. The molecular formula is C19H41NO3Si. The summed E-state index contributed by atoms with van der Waals surface area (Å²) in [4.78, 5) is 0. The third kappa shape index (κ3) is 9.52. The summed E-state index contributed by atoms with van der Waals surface area (Å²) >= 11 is 0. The van der Waals surface area contributed by atoms with Crippen LogP contribution in [-0.4, -0.2) is 41.7 Å². The molecule has 24 heavy (non-hydrogen) atoms. The van der Waals surface area contributed by atoms with Crippen LogP contribution in [0.3, 0.4) is 0 Å². The van der Waals surface area contributed by atoms with Gasteiger partial charge in [0.05, 0.1) is 0 Å². The number of hydrogen-bond donors (Lipinski definition) is 1. The maximum Gasteiger partial charge on any atom is 0.500 e. The maximum absolute atomic E-state index is 5.90. The molecule has 0 saturated heterocycles. The van der Waals surface area contributed by atoms with E-state index in [1.165, 1.54) is 64.5 Å². The monoisotopic (exact) mass is 359 g/mol. The molecule has 0 amide bonds. The summed E-state index contributed by atoms with van der Waals surface area (Å²) in [6.45, 7) is 10.5. The summed E-state index contributed by atoms with van der Waals surface area (Å²) in [6.07, 6.45) is 12.2. The molecule has 0 atom stereocenters. The van der Waals surface area contributed by atoms with Crippen LogP contribution in [0.1, 0.15) is 78.6 Å². The Morgan fingerprint density at radius 1 is 0.792 bits per heavy atom.